The SMILES string of the molecule is CO[Si](Cc1ccccc1)OC.CO[Si](OC)(c1ccc(C)cc1)c1ccc(C)cc1. The van der Waals surface area contributed by atoms with Crippen LogP contribution in [0.15, 0.2) is 78.9 Å². The van der Waals surface area contributed by atoms with Crippen molar-refractivity contribution in [2.75, 3.05) is 28.4 Å². The highest BCUT2D eigenvalue weighted by atomic mass is 28.4. The number of hydrogen-bond donors (Lipinski definition) is 0. The van der Waals surface area contributed by atoms with Gasteiger partial charge in [-0.15, -0.1) is 0 Å². The quantitative estimate of drug-likeness (QED) is 0.488. The van der Waals surface area contributed by atoms with E-state index in [2.05, 4.69) is 74.5 Å². The molecule has 6 heteroatoms. The van der Waals surface area contributed by atoms with Crippen molar-refractivity contribution in [3.8, 4) is 0 Å². The lowest BCUT2D eigenvalue weighted by atomic mass is 10.2. The lowest BCUT2D eigenvalue weighted by Gasteiger charge is -2.28. The van der Waals surface area contributed by atoms with E-state index in [0.717, 1.165) is 16.4 Å². The van der Waals surface area contributed by atoms with Crippen LogP contribution in [0.3, 0.4) is 0 Å². The molecule has 0 fully saturated rings. The Kier molecular flexibility index (Phi) is 10.3. The van der Waals surface area contributed by atoms with Crippen molar-refractivity contribution in [2.24, 2.45) is 0 Å². The fourth-order valence-electron chi connectivity index (χ4n) is 3.26. The van der Waals surface area contributed by atoms with Crippen LogP contribution in [-0.2, 0) is 23.7 Å². The van der Waals surface area contributed by atoms with E-state index in [1.165, 1.54) is 16.7 Å². The number of aryl methyl sites for hydroxylation is 2. The van der Waals surface area contributed by atoms with Gasteiger partial charge in [0.1, 0.15) is 0 Å². The Morgan fingerprint density at radius 3 is 1.39 bits per heavy atom. The van der Waals surface area contributed by atoms with Crippen molar-refractivity contribution in [1.29, 1.82) is 0 Å². The highest BCUT2D eigenvalue weighted by Gasteiger charge is 2.40. The molecule has 0 aliphatic heterocycles. The maximum atomic E-state index is 5.86. The van der Waals surface area contributed by atoms with E-state index in [1.54, 1.807) is 28.4 Å². The molecule has 3 aromatic carbocycles. The van der Waals surface area contributed by atoms with Crippen LogP contribution in [0, 0.1) is 13.8 Å². The predicted octanol–water partition coefficient (Wildman–Crippen LogP) is 3.70. The molecule has 31 heavy (non-hydrogen) atoms. The van der Waals surface area contributed by atoms with Crippen molar-refractivity contribution < 1.29 is 17.7 Å². The normalized spacial score (nSPS) is 11.2. The van der Waals surface area contributed by atoms with Gasteiger partial charge in [-0.05, 0) is 29.8 Å². The first kappa shape index (κ1) is 25.2. The Balaban J connectivity index is 0.000000245. The van der Waals surface area contributed by atoms with E-state index < -0.39 is 17.8 Å². The molecule has 0 atom stereocenters. The van der Waals surface area contributed by atoms with E-state index in [1.807, 2.05) is 18.2 Å². The molecule has 0 spiro atoms. The van der Waals surface area contributed by atoms with Crippen LogP contribution in [0.2, 0.25) is 0 Å². The smallest absolute Gasteiger partial charge is 0.397 e. The first-order valence-electron chi connectivity index (χ1n) is 10.2. The Labute approximate surface area is 189 Å². The van der Waals surface area contributed by atoms with Gasteiger partial charge in [0.15, 0.2) is 0 Å². The Morgan fingerprint density at radius 1 is 0.613 bits per heavy atom. The molecule has 0 saturated carbocycles. The van der Waals surface area contributed by atoms with Crippen molar-refractivity contribution in [3.63, 3.8) is 0 Å². The van der Waals surface area contributed by atoms with Crippen molar-refractivity contribution in [3.05, 3.63) is 95.6 Å². The van der Waals surface area contributed by atoms with Gasteiger partial charge in [0.05, 0.1) is 0 Å². The van der Waals surface area contributed by atoms with Gasteiger partial charge in [0, 0.05) is 34.5 Å². The van der Waals surface area contributed by atoms with Gasteiger partial charge in [-0.1, -0.05) is 90.0 Å². The van der Waals surface area contributed by atoms with Crippen molar-refractivity contribution >= 4 is 28.2 Å². The molecule has 0 N–H and O–H groups in total. The second kappa shape index (κ2) is 12.7. The summed E-state index contributed by atoms with van der Waals surface area (Å²) in [6.45, 7) is 4.16. The van der Waals surface area contributed by atoms with Crippen LogP contribution < -0.4 is 10.4 Å². The van der Waals surface area contributed by atoms with E-state index in [9.17, 15) is 0 Å². The fraction of sp³-hybridized carbons (Fsp3) is 0.280. The number of hydrogen-bond acceptors (Lipinski definition) is 4. The lowest BCUT2D eigenvalue weighted by Crippen LogP contribution is -2.62. The Hall–Kier alpha value is -2.07. The topological polar surface area (TPSA) is 36.9 Å². The van der Waals surface area contributed by atoms with E-state index in [0.29, 0.717) is 0 Å². The van der Waals surface area contributed by atoms with Gasteiger partial charge < -0.3 is 17.7 Å². The van der Waals surface area contributed by atoms with Gasteiger partial charge in [0.2, 0.25) is 0 Å². The molecular formula is C25H33O4Si2. The average Bonchev–Trinajstić information content (AvgIpc) is 2.82. The maximum absolute atomic E-state index is 5.86. The van der Waals surface area contributed by atoms with Crippen LogP contribution in [0.25, 0.3) is 0 Å². The van der Waals surface area contributed by atoms with Gasteiger partial charge in [-0.2, -0.15) is 0 Å². The van der Waals surface area contributed by atoms with Crippen LogP contribution >= 0.6 is 0 Å². The minimum atomic E-state index is -2.54. The first-order chi connectivity index (χ1) is 15.0. The molecular weight excluding hydrogens is 420 g/mol. The van der Waals surface area contributed by atoms with Crippen LogP contribution in [-0.4, -0.2) is 46.3 Å². The molecule has 165 valence electrons. The highest BCUT2D eigenvalue weighted by molar-refractivity contribution is 6.92. The van der Waals surface area contributed by atoms with E-state index in [-0.39, 0.29) is 0 Å². The largest absolute Gasteiger partial charge is 0.406 e. The highest BCUT2D eigenvalue weighted by Crippen LogP contribution is 2.09. The predicted molar refractivity (Wildman–Crippen MR) is 131 cm³/mol. The molecule has 3 aromatic rings. The summed E-state index contributed by atoms with van der Waals surface area (Å²) in [5, 5.41) is 2.26. The summed E-state index contributed by atoms with van der Waals surface area (Å²) in [7, 11) is 3.24. The summed E-state index contributed by atoms with van der Waals surface area (Å²) in [5.74, 6) is 0. The minimum absolute atomic E-state index is 0.901. The second-order valence-corrected chi connectivity index (χ2v) is 12.3. The van der Waals surface area contributed by atoms with E-state index >= 15 is 0 Å². The zero-order valence-electron chi connectivity index (χ0n) is 19.3. The number of benzene rings is 3. The van der Waals surface area contributed by atoms with Gasteiger partial charge in [0.25, 0.3) is 0 Å². The molecule has 1 radical (unpaired) electrons. The van der Waals surface area contributed by atoms with E-state index in [4.69, 9.17) is 17.7 Å². The third kappa shape index (κ3) is 6.97. The molecule has 0 bridgehead atoms. The summed E-state index contributed by atoms with van der Waals surface area (Å²) < 4.78 is 22.1. The third-order valence-electron chi connectivity index (χ3n) is 5.08. The fourth-order valence-corrected chi connectivity index (χ4v) is 6.94. The molecule has 0 heterocycles. The van der Waals surface area contributed by atoms with Gasteiger partial charge in [-0.25, -0.2) is 0 Å². The summed E-state index contributed by atoms with van der Waals surface area (Å²) in [6, 6.07) is 28.0. The van der Waals surface area contributed by atoms with Crippen LogP contribution in [0.5, 0.6) is 0 Å². The van der Waals surface area contributed by atoms with Crippen molar-refractivity contribution in [2.45, 2.75) is 19.9 Å². The second-order valence-electron chi connectivity index (χ2n) is 7.20. The molecule has 0 amide bonds. The first-order valence-corrected chi connectivity index (χ1v) is 13.6. The van der Waals surface area contributed by atoms with Crippen LogP contribution in [0.1, 0.15) is 16.7 Å². The molecule has 0 saturated heterocycles. The standard InChI is InChI=1S/C16H20O2Si.C9H13O2Si/c1-13-5-9-15(10-6-13)19(17-3,18-4)16-11-7-14(2)8-12-16;1-10-12(11-2)8-9-6-4-3-5-7-9/h5-12H,1-4H3;3-7H,8H2,1-2H3. The van der Waals surface area contributed by atoms with Crippen LogP contribution in [0.4, 0.5) is 0 Å². The summed E-state index contributed by atoms with van der Waals surface area (Å²) in [6.07, 6.45) is 0. The molecule has 0 unspecified atom stereocenters. The van der Waals surface area contributed by atoms with Gasteiger partial charge >= 0.3 is 17.8 Å². The summed E-state index contributed by atoms with van der Waals surface area (Å²) in [5.41, 5.74) is 3.75. The van der Waals surface area contributed by atoms with Gasteiger partial charge in [-0.3, -0.25) is 0 Å². The third-order valence-corrected chi connectivity index (χ3v) is 10.0. The Bertz CT molecular complexity index is 828. The molecule has 3 rings (SSSR count). The van der Waals surface area contributed by atoms with Crippen molar-refractivity contribution in [1.82, 2.24) is 0 Å². The maximum Gasteiger partial charge on any atom is 0.406 e. The minimum Gasteiger partial charge on any atom is -0.397 e. The monoisotopic (exact) mass is 453 g/mol. The Morgan fingerprint density at radius 2 is 1.03 bits per heavy atom. The average molecular weight is 454 g/mol. The molecule has 0 aliphatic carbocycles. The number of rotatable bonds is 8. The molecule has 0 aliphatic rings. The summed E-state index contributed by atoms with van der Waals surface area (Å²) in [4.78, 5) is 0. The summed E-state index contributed by atoms with van der Waals surface area (Å²) >= 11 is 0. The molecule has 0 aromatic heterocycles. The lowest BCUT2D eigenvalue weighted by molar-refractivity contribution is 0.272. The zero-order chi connectivity index (χ0) is 22.7. The zero-order valence-corrected chi connectivity index (χ0v) is 21.3. The molecule has 4 nitrogen and oxygen atoms in total.